The van der Waals surface area contributed by atoms with E-state index in [1.807, 2.05) is 18.2 Å². The number of nitrogens with zero attached hydrogens (tertiary/aromatic N) is 1. The van der Waals surface area contributed by atoms with Crippen LogP contribution < -0.4 is 0 Å². The van der Waals surface area contributed by atoms with Gasteiger partial charge >= 0.3 is 0 Å². The number of ketones is 1. The summed E-state index contributed by atoms with van der Waals surface area (Å²) in [6.45, 7) is 4.28. The Balaban J connectivity index is 2.43. The summed E-state index contributed by atoms with van der Waals surface area (Å²) < 4.78 is 0. The second kappa shape index (κ2) is 6.33. The number of aromatic nitrogens is 1. The van der Waals surface area contributed by atoms with Gasteiger partial charge in [0.1, 0.15) is 5.78 Å². The largest absolute Gasteiger partial charge is 0.299 e. The molecule has 0 spiro atoms. The van der Waals surface area contributed by atoms with Gasteiger partial charge in [0.25, 0.3) is 0 Å². The Morgan fingerprint density at radius 1 is 1.33 bits per heavy atom. The van der Waals surface area contributed by atoms with Crippen molar-refractivity contribution in [2.45, 2.75) is 39.5 Å². The van der Waals surface area contributed by atoms with Gasteiger partial charge in [-0.25, -0.2) is 0 Å². The SMILES string of the molecule is CCC(CC)CC(=O)Cc1ccccn1. The number of rotatable bonds is 6. The van der Waals surface area contributed by atoms with Gasteiger partial charge in [-0.3, -0.25) is 9.78 Å². The van der Waals surface area contributed by atoms with Crippen LogP contribution in [0.15, 0.2) is 24.4 Å². The summed E-state index contributed by atoms with van der Waals surface area (Å²) in [5.74, 6) is 0.851. The van der Waals surface area contributed by atoms with Gasteiger partial charge in [-0.15, -0.1) is 0 Å². The summed E-state index contributed by atoms with van der Waals surface area (Å²) in [6.07, 6.45) is 5.09. The molecule has 1 aromatic heterocycles. The zero-order valence-electron chi connectivity index (χ0n) is 9.57. The number of pyridine rings is 1. The fraction of sp³-hybridized carbons (Fsp3) is 0.538. The highest BCUT2D eigenvalue weighted by Crippen LogP contribution is 2.13. The lowest BCUT2D eigenvalue weighted by atomic mass is 9.95. The zero-order valence-corrected chi connectivity index (χ0v) is 9.57. The molecule has 0 aliphatic heterocycles. The van der Waals surface area contributed by atoms with Gasteiger partial charge in [-0.2, -0.15) is 0 Å². The van der Waals surface area contributed by atoms with Crippen molar-refractivity contribution in [3.8, 4) is 0 Å². The molecule has 0 unspecified atom stereocenters. The molecule has 0 fully saturated rings. The first-order chi connectivity index (χ1) is 7.26. The average Bonchev–Trinajstić information content (AvgIpc) is 2.27. The molecule has 82 valence electrons. The monoisotopic (exact) mass is 205 g/mol. The second-order valence-electron chi connectivity index (χ2n) is 3.92. The van der Waals surface area contributed by atoms with E-state index < -0.39 is 0 Å². The maximum Gasteiger partial charge on any atom is 0.139 e. The topological polar surface area (TPSA) is 30.0 Å². The predicted molar refractivity (Wildman–Crippen MR) is 61.6 cm³/mol. The van der Waals surface area contributed by atoms with Crippen molar-refractivity contribution in [1.82, 2.24) is 4.98 Å². The fourth-order valence-electron chi connectivity index (χ4n) is 1.68. The number of carbonyl (C=O) groups excluding carboxylic acids is 1. The normalized spacial score (nSPS) is 10.6. The molecule has 15 heavy (non-hydrogen) atoms. The number of hydrogen-bond donors (Lipinski definition) is 0. The maximum absolute atomic E-state index is 11.7. The van der Waals surface area contributed by atoms with Gasteiger partial charge in [0.15, 0.2) is 0 Å². The van der Waals surface area contributed by atoms with E-state index in [0.717, 1.165) is 18.5 Å². The standard InChI is InChI=1S/C13H19NO/c1-3-11(4-2)9-13(15)10-12-7-5-6-8-14-12/h5-8,11H,3-4,9-10H2,1-2H3. The Labute approximate surface area is 91.7 Å². The molecule has 1 aromatic rings. The van der Waals surface area contributed by atoms with Crippen molar-refractivity contribution < 1.29 is 4.79 Å². The summed E-state index contributed by atoms with van der Waals surface area (Å²) in [5.41, 5.74) is 0.883. The van der Waals surface area contributed by atoms with Crippen LogP contribution in [0, 0.1) is 5.92 Å². The van der Waals surface area contributed by atoms with E-state index in [4.69, 9.17) is 0 Å². The summed E-state index contributed by atoms with van der Waals surface area (Å²) in [5, 5.41) is 0. The van der Waals surface area contributed by atoms with Crippen LogP contribution in [0.5, 0.6) is 0 Å². The first kappa shape index (κ1) is 11.9. The Morgan fingerprint density at radius 3 is 2.60 bits per heavy atom. The minimum Gasteiger partial charge on any atom is -0.299 e. The van der Waals surface area contributed by atoms with Crippen molar-refractivity contribution in [2.75, 3.05) is 0 Å². The van der Waals surface area contributed by atoms with Gasteiger partial charge in [-0.1, -0.05) is 32.8 Å². The lowest BCUT2D eigenvalue weighted by molar-refractivity contribution is -0.119. The number of Topliss-reactive ketones (excluding diaryl/α,β-unsaturated/α-hetero) is 1. The Morgan fingerprint density at radius 2 is 2.07 bits per heavy atom. The van der Waals surface area contributed by atoms with Gasteiger partial charge < -0.3 is 0 Å². The third kappa shape index (κ3) is 4.24. The van der Waals surface area contributed by atoms with Crippen LogP contribution in [-0.4, -0.2) is 10.8 Å². The average molecular weight is 205 g/mol. The van der Waals surface area contributed by atoms with Crippen molar-refractivity contribution in [3.05, 3.63) is 30.1 Å². The minimum atomic E-state index is 0.308. The lowest BCUT2D eigenvalue weighted by Crippen LogP contribution is -2.10. The van der Waals surface area contributed by atoms with Crippen molar-refractivity contribution in [3.63, 3.8) is 0 Å². The molecule has 0 radical (unpaired) electrons. The Bertz CT molecular complexity index is 291. The molecule has 0 bridgehead atoms. The van der Waals surface area contributed by atoms with E-state index in [2.05, 4.69) is 18.8 Å². The second-order valence-corrected chi connectivity index (χ2v) is 3.92. The van der Waals surface area contributed by atoms with Crippen LogP contribution in [0.25, 0.3) is 0 Å². The molecule has 1 rings (SSSR count). The number of carbonyl (C=O) groups is 1. The molecule has 0 aliphatic carbocycles. The van der Waals surface area contributed by atoms with E-state index in [1.54, 1.807) is 6.20 Å². The fourth-order valence-corrected chi connectivity index (χ4v) is 1.68. The highest BCUT2D eigenvalue weighted by Gasteiger charge is 2.10. The Kier molecular flexibility index (Phi) is 5.02. The molecule has 0 amide bonds. The molecule has 0 aromatic carbocycles. The molecule has 2 nitrogen and oxygen atoms in total. The van der Waals surface area contributed by atoms with E-state index in [-0.39, 0.29) is 0 Å². The summed E-state index contributed by atoms with van der Waals surface area (Å²) in [7, 11) is 0. The minimum absolute atomic E-state index is 0.308. The maximum atomic E-state index is 11.7. The molecule has 0 aliphatic rings. The first-order valence-corrected chi connectivity index (χ1v) is 5.67. The smallest absolute Gasteiger partial charge is 0.139 e. The molecule has 0 atom stereocenters. The predicted octanol–water partition coefficient (Wildman–Crippen LogP) is 3.02. The third-order valence-corrected chi connectivity index (χ3v) is 2.78. The number of hydrogen-bond acceptors (Lipinski definition) is 2. The van der Waals surface area contributed by atoms with Crippen LogP contribution in [-0.2, 0) is 11.2 Å². The molecule has 0 N–H and O–H groups in total. The van der Waals surface area contributed by atoms with Gasteiger partial charge in [0.2, 0.25) is 0 Å². The van der Waals surface area contributed by atoms with Crippen LogP contribution >= 0.6 is 0 Å². The van der Waals surface area contributed by atoms with Crippen molar-refractivity contribution in [2.24, 2.45) is 5.92 Å². The highest BCUT2D eigenvalue weighted by molar-refractivity contribution is 5.80. The third-order valence-electron chi connectivity index (χ3n) is 2.78. The molecule has 2 heteroatoms. The summed E-state index contributed by atoms with van der Waals surface area (Å²) in [4.78, 5) is 15.9. The molecule has 0 saturated heterocycles. The van der Waals surface area contributed by atoms with E-state index in [9.17, 15) is 4.79 Å². The molecular weight excluding hydrogens is 186 g/mol. The highest BCUT2D eigenvalue weighted by atomic mass is 16.1. The van der Waals surface area contributed by atoms with Crippen LogP contribution in [0.2, 0.25) is 0 Å². The van der Waals surface area contributed by atoms with Crippen LogP contribution in [0.3, 0.4) is 0 Å². The van der Waals surface area contributed by atoms with E-state index in [0.29, 0.717) is 24.5 Å². The van der Waals surface area contributed by atoms with E-state index >= 15 is 0 Å². The lowest BCUT2D eigenvalue weighted by Gasteiger charge is -2.10. The van der Waals surface area contributed by atoms with E-state index in [1.165, 1.54) is 0 Å². The quantitative estimate of drug-likeness (QED) is 0.714. The van der Waals surface area contributed by atoms with Crippen LogP contribution in [0.4, 0.5) is 0 Å². The molecular formula is C13H19NO. The summed E-state index contributed by atoms with van der Waals surface area (Å²) >= 11 is 0. The van der Waals surface area contributed by atoms with Crippen molar-refractivity contribution >= 4 is 5.78 Å². The van der Waals surface area contributed by atoms with Crippen LogP contribution in [0.1, 0.15) is 38.8 Å². The van der Waals surface area contributed by atoms with Gasteiger partial charge in [0.05, 0.1) is 0 Å². The Hall–Kier alpha value is -1.18. The van der Waals surface area contributed by atoms with Crippen molar-refractivity contribution in [1.29, 1.82) is 0 Å². The first-order valence-electron chi connectivity index (χ1n) is 5.67. The summed E-state index contributed by atoms with van der Waals surface area (Å²) in [6, 6.07) is 5.70. The molecule has 1 heterocycles. The molecule has 0 saturated carbocycles. The van der Waals surface area contributed by atoms with Gasteiger partial charge in [0, 0.05) is 24.7 Å². The zero-order chi connectivity index (χ0) is 11.1. The van der Waals surface area contributed by atoms with Gasteiger partial charge in [-0.05, 0) is 18.1 Å².